The Morgan fingerprint density at radius 3 is 1.75 bits per heavy atom. The average molecular weight is 487 g/mol. The summed E-state index contributed by atoms with van der Waals surface area (Å²) in [6.45, 7) is -0.0237. The molecule has 148 valence electrons. The Morgan fingerprint density at radius 2 is 1.32 bits per heavy atom. The predicted molar refractivity (Wildman–Crippen MR) is 115 cm³/mol. The molecular weight excluding hydrogens is 470 g/mol. The van der Waals surface area contributed by atoms with Gasteiger partial charge in [0.15, 0.2) is 23.1 Å². The zero-order valence-corrected chi connectivity index (χ0v) is 18.3. The number of aliphatic hydroxyl groups is 1. The lowest BCUT2D eigenvalue weighted by atomic mass is 10.2. The number of alkyl halides is 1. The summed E-state index contributed by atoms with van der Waals surface area (Å²) in [5.41, 5.74) is 0. The van der Waals surface area contributed by atoms with E-state index in [2.05, 4.69) is 15.9 Å². The highest BCUT2D eigenvalue weighted by molar-refractivity contribution is 9.08. The minimum atomic E-state index is -0.369. The SMILES string of the molecule is COc1c(F)ccc2cc(CBr)sc12.COc1c(F)ccc2cc(CO)sc12. The van der Waals surface area contributed by atoms with Gasteiger partial charge in [-0.05, 0) is 35.0 Å². The molecule has 0 fully saturated rings. The fourth-order valence-corrected chi connectivity index (χ4v) is 5.29. The van der Waals surface area contributed by atoms with Gasteiger partial charge in [0.05, 0.1) is 30.2 Å². The topological polar surface area (TPSA) is 38.7 Å². The van der Waals surface area contributed by atoms with Crippen LogP contribution in [0.15, 0.2) is 36.4 Å². The van der Waals surface area contributed by atoms with Crippen LogP contribution in [0.3, 0.4) is 0 Å². The van der Waals surface area contributed by atoms with Crippen LogP contribution < -0.4 is 9.47 Å². The van der Waals surface area contributed by atoms with E-state index in [4.69, 9.17) is 14.6 Å². The number of thiophene rings is 2. The van der Waals surface area contributed by atoms with Crippen LogP contribution in [-0.2, 0) is 11.9 Å². The molecule has 28 heavy (non-hydrogen) atoms. The highest BCUT2D eigenvalue weighted by atomic mass is 79.9. The first-order chi connectivity index (χ1) is 13.5. The number of benzene rings is 2. The number of halogens is 3. The summed E-state index contributed by atoms with van der Waals surface area (Å²) in [5.74, 6) is -0.0683. The lowest BCUT2D eigenvalue weighted by molar-refractivity contribution is 0.285. The molecule has 0 radical (unpaired) electrons. The summed E-state index contributed by atoms with van der Waals surface area (Å²) in [6, 6.07) is 10.1. The standard InChI is InChI=1S/C10H8BrFOS.C10H9FO2S/c1-13-9-8(12)3-2-6-4-7(5-11)14-10(6)9;1-13-9-8(11)3-2-6-4-7(5-12)14-10(6)9/h2-4H,5H2,1H3;2-4,12H,5H2,1H3. The van der Waals surface area contributed by atoms with Crippen molar-refractivity contribution in [1.82, 2.24) is 0 Å². The lowest BCUT2D eigenvalue weighted by Gasteiger charge is -2.01. The van der Waals surface area contributed by atoms with E-state index in [0.717, 1.165) is 30.4 Å². The second-order valence-electron chi connectivity index (χ2n) is 5.72. The molecule has 3 nitrogen and oxygen atoms in total. The Balaban J connectivity index is 0.000000161. The van der Waals surface area contributed by atoms with Crippen molar-refractivity contribution in [3.05, 3.63) is 57.8 Å². The Labute approximate surface area is 177 Å². The van der Waals surface area contributed by atoms with Crippen molar-refractivity contribution in [2.75, 3.05) is 14.2 Å². The normalized spacial score (nSPS) is 10.8. The molecule has 1 N–H and O–H groups in total. The predicted octanol–water partition coefficient (Wildman–Crippen LogP) is 6.49. The minimum absolute atomic E-state index is 0.0237. The van der Waals surface area contributed by atoms with Crippen molar-refractivity contribution in [2.45, 2.75) is 11.9 Å². The summed E-state index contributed by atoms with van der Waals surface area (Å²) in [6.07, 6.45) is 0. The van der Waals surface area contributed by atoms with Crippen molar-refractivity contribution < 1.29 is 23.4 Å². The first kappa shape index (κ1) is 21.0. The summed E-state index contributed by atoms with van der Waals surface area (Å²) in [4.78, 5) is 1.98. The molecule has 2 aromatic heterocycles. The largest absolute Gasteiger partial charge is 0.492 e. The molecule has 8 heteroatoms. The van der Waals surface area contributed by atoms with Crippen molar-refractivity contribution >= 4 is 58.8 Å². The number of hydrogen-bond donors (Lipinski definition) is 1. The number of hydrogen-bond acceptors (Lipinski definition) is 5. The molecule has 0 aliphatic carbocycles. The molecule has 4 aromatic rings. The van der Waals surface area contributed by atoms with Crippen LogP contribution in [0.1, 0.15) is 9.75 Å². The summed E-state index contributed by atoms with van der Waals surface area (Å²) in [7, 11) is 2.93. The maximum Gasteiger partial charge on any atom is 0.172 e. The van der Waals surface area contributed by atoms with Crippen molar-refractivity contribution in [3.63, 3.8) is 0 Å². The molecule has 0 amide bonds. The van der Waals surface area contributed by atoms with Gasteiger partial charge in [0.2, 0.25) is 0 Å². The van der Waals surface area contributed by atoms with Gasteiger partial charge in [-0.2, -0.15) is 0 Å². The molecule has 0 bridgehead atoms. The molecule has 2 heterocycles. The third-order valence-electron chi connectivity index (χ3n) is 3.98. The Bertz CT molecular complexity index is 1020. The fourth-order valence-electron chi connectivity index (χ4n) is 2.74. The van der Waals surface area contributed by atoms with Crippen LogP contribution >= 0.6 is 38.6 Å². The van der Waals surface area contributed by atoms with Gasteiger partial charge < -0.3 is 14.6 Å². The Hall–Kier alpha value is -1.74. The quantitative estimate of drug-likeness (QED) is 0.335. The molecule has 0 unspecified atom stereocenters. The van der Waals surface area contributed by atoms with Crippen LogP contribution in [0.2, 0.25) is 0 Å². The van der Waals surface area contributed by atoms with E-state index in [1.54, 1.807) is 23.5 Å². The van der Waals surface area contributed by atoms with Crippen LogP contribution in [0.4, 0.5) is 8.78 Å². The van der Waals surface area contributed by atoms with Gasteiger partial charge in [0.1, 0.15) is 0 Å². The van der Waals surface area contributed by atoms with Crippen molar-refractivity contribution in [2.24, 2.45) is 0 Å². The van der Waals surface area contributed by atoms with Crippen LogP contribution in [0, 0.1) is 11.6 Å². The first-order valence-corrected chi connectivity index (χ1v) is 10.9. The van der Waals surface area contributed by atoms with Gasteiger partial charge in [-0.25, -0.2) is 8.78 Å². The van der Waals surface area contributed by atoms with Gasteiger partial charge in [0, 0.05) is 15.1 Å². The number of methoxy groups -OCH3 is 2. The minimum Gasteiger partial charge on any atom is -0.492 e. The second kappa shape index (κ2) is 9.17. The number of rotatable bonds is 4. The summed E-state index contributed by atoms with van der Waals surface area (Å²) in [5, 5.41) is 11.7. The van der Waals surface area contributed by atoms with Gasteiger partial charge in [-0.3, -0.25) is 0 Å². The lowest BCUT2D eigenvalue weighted by Crippen LogP contribution is -1.86. The number of fused-ring (bicyclic) bond motifs is 2. The van der Waals surface area contributed by atoms with Gasteiger partial charge in [0.25, 0.3) is 0 Å². The third-order valence-corrected chi connectivity index (χ3v) is 7.24. The van der Waals surface area contributed by atoms with Crippen LogP contribution in [0.5, 0.6) is 11.5 Å². The van der Waals surface area contributed by atoms with E-state index in [9.17, 15) is 8.78 Å². The Morgan fingerprint density at radius 1 is 0.857 bits per heavy atom. The number of ether oxygens (including phenoxy) is 2. The molecule has 0 aliphatic rings. The van der Waals surface area contributed by atoms with Crippen molar-refractivity contribution in [1.29, 1.82) is 0 Å². The van der Waals surface area contributed by atoms with E-state index in [-0.39, 0.29) is 24.0 Å². The molecule has 0 atom stereocenters. The molecule has 4 rings (SSSR count). The highest BCUT2D eigenvalue weighted by Gasteiger charge is 2.11. The maximum atomic E-state index is 13.3. The second-order valence-corrected chi connectivity index (χ2v) is 8.55. The van der Waals surface area contributed by atoms with Crippen LogP contribution in [-0.4, -0.2) is 19.3 Å². The van der Waals surface area contributed by atoms with E-state index >= 15 is 0 Å². The van der Waals surface area contributed by atoms with Crippen LogP contribution in [0.25, 0.3) is 20.2 Å². The van der Waals surface area contributed by atoms with Gasteiger partial charge >= 0.3 is 0 Å². The first-order valence-electron chi connectivity index (χ1n) is 8.19. The maximum absolute atomic E-state index is 13.3. The van der Waals surface area contributed by atoms with Gasteiger partial charge in [-0.15, -0.1) is 22.7 Å². The fraction of sp³-hybridized carbons (Fsp3) is 0.200. The monoisotopic (exact) mass is 486 g/mol. The molecule has 2 aromatic carbocycles. The molecule has 0 spiro atoms. The van der Waals surface area contributed by atoms with E-state index < -0.39 is 0 Å². The molecular formula is C20H17BrF2O3S2. The summed E-state index contributed by atoms with van der Waals surface area (Å²) >= 11 is 6.27. The highest BCUT2D eigenvalue weighted by Crippen LogP contribution is 2.36. The average Bonchev–Trinajstić information content (AvgIpc) is 3.32. The zero-order chi connectivity index (χ0) is 20.3. The molecule has 0 saturated heterocycles. The summed E-state index contributed by atoms with van der Waals surface area (Å²) < 4.78 is 38.2. The zero-order valence-electron chi connectivity index (χ0n) is 15.1. The van der Waals surface area contributed by atoms with Crippen molar-refractivity contribution in [3.8, 4) is 11.5 Å². The van der Waals surface area contributed by atoms with E-state index in [0.29, 0.717) is 5.75 Å². The van der Waals surface area contributed by atoms with E-state index in [1.165, 1.54) is 42.6 Å². The van der Waals surface area contributed by atoms with Gasteiger partial charge in [-0.1, -0.05) is 28.1 Å². The Kier molecular flexibility index (Phi) is 6.87. The third kappa shape index (κ3) is 4.15. The number of aliphatic hydroxyl groups excluding tert-OH is 1. The smallest absolute Gasteiger partial charge is 0.172 e. The van der Waals surface area contributed by atoms with E-state index in [1.807, 2.05) is 12.1 Å². The molecule has 0 saturated carbocycles. The molecule has 0 aliphatic heterocycles.